The van der Waals surface area contributed by atoms with Gasteiger partial charge >= 0.3 is 0 Å². The number of nitrogens with two attached hydrogens (primary N) is 1. The molecule has 14 nitrogen and oxygen atoms in total. The van der Waals surface area contributed by atoms with Gasteiger partial charge in [0.05, 0.1) is 16.8 Å². The number of anilines is 2. The van der Waals surface area contributed by atoms with Gasteiger partial charge in [0.1, 0.15) is 11.5 Å². The average molecular weight is 827 g/mol. The van der Waals surface area contributed by atoms with Gasteiger partial charge in [0.2, 0.25) is 17.7 Å². The first-order chi connectivity index (χ1) is 29.6. The summed E-state index contributed by atoms with van der Waals surface area (Å²) >= 11 is 0. The number of carbonyl (C=O) groups excluding carboxylic acids is 4. The molecule has 1 unspecified atom stereocenters. The highest BCUT2D eigenvalue weighted by molar-refractivity contribution is 6.00. The third-order valence-electron chi connectivity index (χ3n) is 13.7. The fraction of sp³-hybridized carbons (Fsp3) is 0.447. The zero-order valence-electron chi connectivity index (χ0n) is 34.5. The number of ether oxygens (including phenoxy) is 1. The third kappa shape index (κ3) is 8.25. The predicted octanol–water partition coefficient (Wildman–Crippen LogP) is 4.48. The number of amides is 4. The van der Waals surface area contributed by atoms with Gasteiger partial charge < -0.3 is 35.2 Å². The van der Waals surface area contributed by atoms with Gasteiger partial charge in [-0.2, -0.15) is 0 Å². The molecule has 9 rings (SSSR count). The molecular weight excluding hydrogens is 773 g/mol. The molecule has 61 heavy (non-hydrogen) atoms. The van der Waals surface area contributed by atoms with Gasteiger partial charge in [-0.1, -0.05) is 54.6 Å². The minimum Gasteiger partial charge on any atom is -0.507 e. The Morgan fingerprint density at radius 3 is 2.23 bits per heavy atom. The quantitative estimate of drug-likeness (QED) is 0.182. The number of nitrogens with one attached hydrogen (secondary N) is 1. The molecule has 14 heteroatoms. The van der Waals surface area contributed by atoms with Crippen molar-refractivity contribution < 1.29 is 29.0 Å². The minimum atomic E-state index is -0.665. The lowest BCUT2D eigenvalue weighted by molar-refractivity contribution is -0.172. The summed E-state index contributed by atoms with van der Waals surface area (Å²) in [5, 5.41) is 21.2. The van der Waals surface area contributed by atoms with Gasteiger partial charge in [-0.3, -0.25) is 24.5 Å². The molecule has 5 saturated heterocycles. The lowest BCUT2D eigenvalue weighted by Crippen LogP contribution is -2.75. The molecule has 4 aromatic rings. The van der Waals surface area contributed by atoms with Crippen molar-refractivity contribution in [3.05, 3.63) is 96.1 Å². The van der Waals surface area contributed by atoms with Gasteiger partial charge in [-0.15, -0.1) is 10.2 Å². The number of benzene rings is 3. The summed E-state index contributed by atoms with van der Waals surface area (Å²) in [7, 11) is 0. The summed E-state index contributed by atoms with van der Waals surface area (Å²) in [6.45, 7) is 6.85. The molecule has 1 aromatic heterocycles. The normalized spacial score (nSPS) is 21.4. The summed E-state index contributed by atoms with van der Waals surface area (Å²) < 4.78 is 5.85. The molecule has 0 bridgehead atoms. The maximum absolute atomic E-state index is 14.5. The maximum atomic E-state index is 14.5. The summed E-state index contributed by atoms with van der Waals surface area (Å²) in [4.78, 5) is 59.9. The van der Waals surface area contributed by atoms with E-state index in [0.717, 1.165) is 50.1 Å². The Morgan fingerprint density at radius 1 is 0.836 bits per heavy atom. The van der Waals surface area contributed by atoms with E-state index in [1.165, 1.54) is 5.56 Å². The standard InChI is InChI=1S/C47H54N8O6/c48-43-38(27-37(50-51-43)36-9-4-5-10-39(36)56)53-25-20-47(21-26-53,34-7-2-1-3-8-34)45(60)55-30-46(31-55)28-54(29-46)42(58)11-6-22-52-23-18-33(19-24-52)32-12-14-35(15-13-32)61-40-16-17-41(57)49-44(40)59/h1-5,7-10,12-15,27,33,40,56H,6,11,16-26,28-31H2,(H2,48,51)(H,49,57,59). The number of likely N-dealkylation sites (tertiary alicyclic amines) is 3. The zero-order valence-corrected chi connectivity index (χ0v) is 34.5. The molecule has 6 heterocycles. The van der Waals surface area contributed by atoms with Crippen LogP contribution in [-0.4, -0.2) is 119 Å². The lowest BCUT2D eigenvalue weighted by Gasteiger charge is -2.61. The van der Waals surface area contributed by atoms with Crippen molar-refractivity contribution in [1.82, 2.24) is 30.2 Å². The zero-order chi connectivity index (χ0) is 42.1. The van der Waals surface area contributed by atoms with Gasteiger partial charge in [0.15, 0.2) is 11.9 Å². The van der Waals surface area contributed by atoms with Crippen molar-refractivity contribution >= 4 is 35.1 Å². The van der Waals surface area contributed by atoms with Gasteiger partial charge in [0.25, 0.3) is 5.91 Å². The van der Waals surface area contributed by atoms with Gasteiger partial charge in [0, 0.05) is 69.5 Å². The van der Waals surface area contributed by atoms with Crippen molar-refractivity contribution in [2.75, 3.05) is 69.5 Å². The number of nitrogens with zero attached hydrogens (tertiary/aromatic N) is 6. The molecule has 0 saturated carbocycles. The Kier molecular flexibility index (Phi) is 11.1. The molecule has 0 aliphatic carbocycles. The smallest absolute Gasteiger partial charge is 0.267 e. The van der Waals surface area contributed by atoms with Crippen LogP contribution in [-0.2, 0) is 24.6 Å². The first-order valence-electron chi connectivity index (χ1n) is 21.7. The second kappa shape index (κ2) is 16.8. The van der Waals surface area contributed by atoms with Crippen LogP contribution in [0.4, 0.5) is 11.5 Å². The summed E-state index contributed by atoms with van der Waals surface area (Å²) in [5.41, 5.74) is 9.83. The Bertz CT molecular complexity index is 2260. The number of rotatable bonds is 11. The first-order valence-corrected chi connectivity index (χ1v) is 21.7. The molecule has 318 valence electrons. The van der Waals surface area contributed by atoms with Crippen LogP contribution in [0.15, 0.2) is 84.9 Å². The number of hydrogen-bond acceptors (Lipinski definition) is 11. The fourth-order valence-electron chi connectivity index (χ4n) is 10.2. The van der Waals surface area contributed by atoms with Crippen LogP contribution in [0.2, 0.25) is 0 Å². The second-order valence-corrected chi connectivity index (χ2v) is 17.7. The van der Waals surface area contributed by atoms with Crippen LogP contribution in [0, 0.1) is 5.41 Å². The van der Waals surface area contributed by atoms with Crippen molar-refractivity contribution in [1.29, 1.82) is 0 Å². The number of imide groups is 1. The molecule has 5 aliphatic heterocycles. The van der Waals surface area contributed by atoms with Gasteiger partial charge in [-0.25, -0.2) is 0 Å². The molecule has 1 atom stereocenters. The highest BCUT2D eigenvalue weighted by atomic mass is 16.5. The number of aromatic hydroxyl groups is 1. The van der Waals surface area contributed by atoms with Crippen molar-refractivity contribution in [3.63, 3.8) is 0 Å². The molecule has 3 aromatic carbocycles. The van der Waals surface area contributed by atoms with E-state index in [0.29, 0.717) is 93.7 Å². The lowest BCUT2D eigenvalue weighted by atomic mass is 9.67. The Morgan fingerprint density at radius 2 is 1.52 bits per heavy atom. The van der Waals surface area contributed by atoms with E-state index in [1.807, 2.05) is 52.3 Å². The Balaban J connectivity index is 0.722. The maximum Gasteiger partial charge on any atom is 0.267 e. The van der Waals surface area contributed by atoms with E-state index >= 15 is 0 Å². The molecule has 0 radical (unpaired) electrons. The van der Waals surface area contributed by atoms with Crippen molar-refractivity contribution in [3.8, 4) is 22.8 Å². The average Bonchev–Trinajstić information content (AvgIpc) is 3.25. The van der Waals surface area contributed by atoms with E-state index in [-0.39, 0.29) is 41.2 Å². The van der Waals surface area contributed by atoms with Crippen LogP contribution in [0.5, 0.6) is 11.5 Å². The van der Waals surface area contributed by atoms with Crippen molar-refractivity contribution in [2.45, 2.75) is 68.8 Å². The fourth-order valence-corrected chi connectivity index (χ4v) is 10.2. The van der Waals surface area contributed by atoms with Crippen LogP contribution in [0.25, 0.3) is 11.3 Å². The number of nitrogen functional groups attached to an aromatic ring is 1. The van der Waals surface area contributed by atoms with E-state index in [9.17, 15) is 24.3 Å². The molecule has 5 aliphatic rings. The SMILES string of the molecule is Nc1nnc(-c2ccccc2O)cc1N1CCC(C(=O)N2CC3(CN(C(=O)CCCN4CCC(c5ccc(OC6CCC(=O)NC6=O)cc5)CC4)C3)C2)(c2ccccc2)CC1. The summed E-state index contributed by atoms with van der Waals surface area (Å²) in [6.07, 6.45) is 4.74. The minimum absolute atomic E-state index is 0.0163. The largest absolute Gasteiger partial charge is 0.507 e. The first kappa shape index (κ1) is 40.4. The van der Waals surface area contributed by atoms with Crippen LogP contribution < -0.4 is 20.7 Å². The number of phenolic OH excluding ortho intramolecular Hbond substituents is 1. The molecule has 4 N–H and O–H groups in total. The van der Waals surface area contributed by atoms with E-state index in [2.05, 4.69) is 49.6 Å². The molecule has 4 amide bonds. The number of carbonyl (C=O) groups is 4. The van der Waals surface area contributed by atoms with Crippen LogP contribution in [0.1, 0.15) is 68.4 Å². The topological polar surface area (TPSA) is 175 Å². The van der Waals surface area contributed by atoms with Gasteiger partial charge in [-0.05, 0) is 99.1 Å². The molecule has 1 spiro atoms. The van der Waals surface area contributed by atoms with E-state index < -0.39 is 11.5 Å². The summed E-state index contributed by atoms with van der Waals surface area (Å²) in [6, 6.07) is 27.0. The van der Waals surface area contributed by atoms with Crippen LogP contribution in [0.3, 0.4) is 0 Å². The van der Waals surface area contributed by atoms with Crippen molar-refractivity contribution in [2.24, 2.45) is 5.41 Å². The third-order valence-corrected chi connectivity index (χ3v) is 13.7. The number of piperidine rings is 3. The van der Waals surface area contributed by atoms with E-state index in [4.69, 9.17) is 10.5 Å². The number of aromatic nitrogens is 2. The van der Waals surface area contributed by atoms with Crippen LogP contribution >= 0.6 is 0 Å². The highest BCUT2D eigenvalue weighted by Gasteiger charge is 2.57. The van der Waals surface area contributed by atoms with E-state index in [1.54, 1.807) is 18.2 Å². The predicted molar refractivity (Wildman–Crippen MR) is 230 cm³/mol. The number of hydrogen-bond donors (Lipinski definition) is 3. The summed E-state index contributed by atoms with van der Waals surface area (Å²) in [5.74, 6) is 1.26. The molecule has 5 fully saturated rings. The Hall–Kier alpha value is -6.02. The number of para-hydroxylation sites is 1. The number of phenols is 1. The highest BCUT2D eigenvalue weighted by Crippen LogP contribution is 2.46. The monoisotopic (exact) mass is 826 g/mol. The Labute approximate surface area is 356 Å². The second-order valence-electron chi connectivity index (χ2n) is 17.7. The molecular formula is C47H54N8O6.